The molecule has 1 saturated carbocycles. The van der Waals surface area contributed by atoms with Crippen molar-refractivity contribution >= 4 is 11.4 Å². The lowest BCUT2D eigenvalue weighted by atomic mass is 10.2. The molecule has 0 amide bonds. The number of benzene rings is 1. The number of alkyl halides is 3. The summed E-state index contributed by atoms with van der Waals surface area (Å²) in [6.07, 6.45) is -2.86. The van der Waals surface area contributed by atoms with Gasteiger partial charge in [0.2, 0.25) is 0 Å². The summed E-state index contributed by atoms with van der Waals surface area (Å²) in [5, 5.41) is 0. The van der Waals surface area contributed by atoms with Gasteiger partial charge in [0, 0.05) is 6.04 Å². The minimum absolute atomic E-state index is 0.0427. The van der Waals surface area contributed by atoms with Crippen molar-refractivity contribution in [1.82, 2.24) is 0 Å². The van der Waals surface area contributed by atoms with E-state index in [4.69, 9.17) is 5.73 Å². The highest BCUT2D eigenvalue weighted by atomic mass is 19.4. The zero-order chi connectivity index (χ0) is 12.6. The van der Waals surface area contributed by atoms with E-state index < -0.39 is 18.5 Å². The lowest BCUT2D eigenvalue weighted by Gasteiger charge is -2.27. The number of nitrogen functional groups attached to an aromatic ring is 1. The lowest BCUT2D eigenvalue weighted by Crippen LogP contribution is -2.36. The van der Waals surface area contributed by atoms with Crippen LogP contribution in [0.2, 0.25) is 0 Å². The molecule has 1 aliphatic carbocycles. The third kappa shape index (κ3) is 3.01. The first kappa shape index (κ1) is 12.0. The molecule has 0 radical (unpaired) electrons. The quantitative estimate of drug-likeness (QED) is 0.658. The Kier molecular flexibility index (Phi) is 2.89. The van der Waals surface area contributed by atoms with E-state index in [1.54, 1.807) is 0 Å². The van der Waals surface area contributed by atoms with Crippen LogP contribution in [-0.4, -0.2) is 18.8 Å². The molecular formula is C11H12F4N2. The van der Waals surface area contributed by atoms with Crippen molar-refractivity contribution in [3.05, 3.63) is 24.0 Å². The van der Waals surface area contributed by atoms with Gasteiger partial charge in [0.15, 0.2) is 0 Å². The van der Waals surface area contributed by atoms with Gasteiger partial charge in [-0.25, -0.2) is 4.39 Å². The molecule has 1 fully saturated rings. The Morgan fingerprint density at radius 1 is 1.29 bits per heavy atom. The van der Waals surface area contributed by atoms with Crippen LogP contribution in [0.25, 0.3) is 0 Å². The predicted molar refractivity (Wildman–Crippen MR) is 57.2 cm³/mol. The fourth-order valence-corrected chi connectivity index (χ4v) is 1.78. The van der Waals surface area contributed by atoms with Crippen LogP contribution in [0.1, 0.15) is 12.8 Å². The van der Waals surface area contributed by atoms with Gasteiger partial charge in [-0.2, -0.15) is 13.2 Å². The van der Waals surface area contributed by atoms with Crippen LogP contribution in [0.5, 0.6) is 0 Å². The Labute approximate surface area is 96.0 Å². The number of anilines is 2. The van der Waals surface area contributed by atoms with Crippen LogP contribution in [0, 0.1) is 5.82 Å². The zero-order valence-electron chi connectivity index (χ0n) is 8.97. The maximum absolute atomic E-state index is 12.8. The zero-order valence-corrected chi connectivity index (χ0v) is 8.97. The number of rotatable bonds is 3. The van der Waals surface area contributed by atoms with E-state index in [0.29, 0.717) is 12.8 Å². The summed E-state index contributed by atoms with van der Waals surface area (Å²) < 4.78 is 50.1. The average molecular weight is 248 g/mol. The van der Waals surface area contributed by atoms with Gasteiger partial charge in [-0.15, -0.1) is 0 Å². The summed E-state index contributed by atoms with van der Waals surface area (Å²) in [7, 11) is 0. The molecule has 0 aliphatic heterocycles. The standard InChI is InChI=1S/C11H12F4N2/c12-7-1-4-10(9(16)5-7)17(8-2-3-8)6-11(13,14)15/h1,4-5,8H,2-3,6,16H2. The fraction of sp³-hybridized carbons (Fsp3) is 0.455. The van der Waals surface area contributed by atoms with Gasteiger partial charge in [-0.1, -0.05) is 0 Å². The van der Waals surface area contributed by atoms with Crippen LogP contribution in [0.4, 0.5) is 28.9 Å². The second-order valence-corrected chi connectivity index (χ2v) is 4.18. The highest BCUT2D eigenvalue weighted by Gasteiger charge is 2.38. The third-order valence-corrected chi connectivity index (χ3v) is 2.64. The average Bonchev–Trinajstić information content (AvgIpc) is 2.96. The molecule has 0 bridgehead atoms. The van der Waals surface area contributed by atoms with E-state index in [9.17, 15) is 17.6 Å². The van der Waals surface area contributed by atoms with Crippen molar-refractivity contribution < 1.29 is 17.6 Å². The SMILES string of the molecule is Nc1cc(F)ccc1N(CC(F)(F)F)C1CC1. The summed E-state index contributed by atoms with van der Waals surface area (Å²) >= 11 is 0. The molecule has 0 unspecified atom stereocenters. The summed E-state index contributed by atoms with van der Waals surface area (Å²) in [5.41, 5.74) is 5.86. The van der Waals surface area contributed by atoms with E-state index >= 15 is 0 Å². The molecule has 0 heterocycles. The van der Waals surface area contributed by atoms with Crippen molar-refractivity contribution in [2.45, 2.75) is 25.1 Å². The third-order valence-electron chi connectivity index (χ3n) is 2.64. The number of halogens is 4. The van der Waals surface area contributed by atoms with Crippen LogP contribution in [-0.2, 0) is 0 Å². The molecule has 2 N–H and O–H groups in total. The highest BCUT2D eigenvalue weighted by molar-refractivity contribution is 5.68. The van der Waals surface area contributed by atoms with Crippen LogP contribution >= 0.6 is 0 Å². The highest BCUT2D eigenvalue weighted by Crippen LogP contribution is 2.37. The first-order valence-electron chi connectivity index (χ1n) is 5.25. The second-order valence-electron chi connectivity index (χ2n) is 4.18. The molecule has 0 spiro atoms. The molecule has 6 heteroatoms. The van der Waals surface area contributed by atoms with Crippen LogP contribution in [0.3, 0.4) is 0 Å². The van der Waals surface area contributed by atoms with E-state index in [-0.39, 0.29) is 17.4 Å². The molecule has 0 aromatic heterocycles. The molecule has 1 aromatic carbocycles. The van der Waals surface area contributed by atoms with Crippen LogP contribution in [0.15, 0.2) is 18.2 Å². The molecule has 2 rings (SSSR count). The normalized spacial score (nSPS) is 16.0. The van der Waals surface area contributed by atoms with Gasteiger partial charge in [-0.05, 0) is 31.0 Å². The fourth-order valence-electron chi connectivity index (χ4n) is 1.78. The topological polar surface area (TPSA) is 29.3 Å². The molecule has 1 aromatic rings. The summed E-state index contributed by atoms with van der Waals surface area (Å²) in [6, 6.07) is 3.33. The monoisotopic (exact) mass is 248 g/mol. The van der Waals surface area contributed by atoms with Gasteiger partial charge in [0.05, 0.1) is 11.4 Å². The molecule has 2 nitrogen and oxygen atoms in total. The molecular weight excluding hydrogens is 236 g/mol. The maximum Gasteiger partial charge on any atom is 0.405 e. The van der Waals surface area contributed by atoms with Crippen molar-refractivity contribution in [2.75, 3.05) is 17.2 Å². The Bertz CT molecular complexity index is 412. The molecule has 0 saturated heterocycles. The summed E-state index contributed by atoms with van der Waals surface area (Å²) in [4.78, 5) is 1.20. The van der Waals surface area contributed by atoms with E-state index in [1.165, 1.54) is 11.0 Å². The van der Waals surface area contributed by atoms with Crippen molar-refractivity contribution in [3.8, 4) is 0 Å². The smallest absolute Gasteiger partial charge is 0.397 e. The van der Waals surface area contributed by atoms with Crippen molar-refractivity contribution in [1.29, 1.82) is 0 Å². The number of nitrogens with two attached hydrogens (primary N) is 1. The Morgan fingerprint density at radius 2 is 1.94 bits per heavy atom. The predicted octanol–water partition coefficient (Wildman–Crippen LogP) is 2.94. The van der Waals surface area contributed by atoms with Gasteiger partial charge in [0.25, 0.3) is 0 Å². The molecule has 0 atom stereocenters. The minimum Gasteiger partial charge on any atom is -0.397 e. The Morgan fingerprint density at radius 3 is 2.41 bits per heavy atom. The summed E-state index contributed by atoms with van der Waals surface area (Å²) in [5.74, 6) is -0.547. The number of hydrogen-bond acceptors (Lipinski definition) is 2. The Balaban J connectivity index is 2.26. The molecule has 1 aliphatic rings. The first-order valence-corrected chi connectivity index (χ1v) is 5.25. The van der Waals surface area contributed by atoms with Crippen molar-refractivity contribution in [2.24, 2.45) is 0 Å². The van der Waals surface area contributed by atoms with E-state index in [1.807, 2.05) is 0 Å². The molecule has 17 heavy (non-hydrogen) atoms. The van der Waals surface area contributed by atoms with Crippen LogP contribution < -0.4 is 10.6 Å². The lowest BCUT2D eigenvalue weighted by molar-refractivity contribution is -0.119. The summed E-state index contributed by atoms with van der Waals surface area (Å²) in [6.45, 7) is -1.05. The van der Waals surface area contributed by atoms with Gasteiger partial charge < -0.3 is 10.6 Å². The first-order chi connectivity index (χ1) is 7.87. The minimum atomic E-state index is -4.29. The number of hydrogen-bond donors (Lipinski definition) is 1. The number of nitrogens with zero attached hydrogens (tertiary/aromatic N) is 1. The Hall–Kier alpha value is -1.46. The van der Waals surface area contributed by atoms with Crippen molar-refractivity contribution in [3.63, 3.8) is 0 Å². The van der Waals surface area contributed by atoms with Gasteiger partial charge in [0.1, 0.15) is 12.4 Å². The van der Waals surface area contributed by atoms with E-state index in [2.05, 4.69) is 0 Å². The van der Waals surface area contributed by atoms with E-state index in [0.717, 1.165) is 12.1 Å². The maximum atomic E-state index is 12.8. The van der Waals surface area contributed by atoms with Gasteiger partial charge >= 0.3 is 6.18 Å². The second kappa shape index (κ2) is 4.09. The largest absolute Gasteiger partial charge is 0.405 e. The molecule has 94 valence electrons. The van der Waals surface area contributed by atoms with Gasteiger partial charge in [-0.3, -0.25) is 0 Å².